The van der Waals surface area contributed by atoms with Crippen molar-refractivity contribution in [2.45, 2.75) is 38.6 Å². The predicted molar refractivity (Wildman–Crippen MR) is 96.1 cm³/mol. The lowest BCUT2D eigenvalue weighted by Crippen LogP contribution is -2.14. The van der Waals surface area contributed by atoms with E-state index in [0.717, 1.165) is 29.7 Å². The Kier molecular flexibility index (Phi) is 4.03. The molecule has 0 fully saturated rings. The van der Waals surface area contributed by atoms with Crippen LogP contribution in [0.3, 0.4) is 0 Å². The molecule has 1 amide bonds. The second-order valence-electron chi connectivity index (χ2n) is 6.40. The molecular weight excluding hydrogens is 298 g/mol. The Hall–Kier alpha value is -2.62. The van der Waals surface area contributed by atoms with Crippen molar-refractivity contribution >= 4 is 22.6 Å². The first-order chi connectivity index (χ1) is 11.8. The number of hydrogen-bond acceptors (Lipinski definition) is 2. The normalized spacial score (nSPS) is 14.2. The molecule has 0 atom stereocenters. The average Bonchev–Trinajstić information content (AvgIpc) is 2.76. The average molecular weight is 319 g/mol. The minimum absolute atomic E-state index is 0.00122. The van der Waals surface area contributed by atoms with Gasteiger partial charge in [-0.1, -0.05) is 36.8 Å². The van der Waals surface area contributed by atoms with Gasteiger partial charge in [-0.3, -0.25) is 4.79 Å². The zero-order chi connectivity index (χ0) is 16.4. The molecule has 0 saturated heterocycles. The highest BCUT2D eigenvalue weighted by atomic mass is 16.1. The maximum Gasteiger partial charge on any atom is 0.228 e. The van der Waals surface area contributed by atoms with Gasteiger partial charge in [0.1, 0.15) is 5.82 Å². The third-order valence-electron chi connectivity index (χ3n) is 4.60. The van der Waals surface area contributed by atoms with Crippen LogP contribution in [0, 0.1) is 0 Å². The number of aromatic nitrogens is 2. The van der Waals surface area contributed by atoms with Crippen LogP contribution in [-0.2, 0) is 24.2 Å². The molecule has 2 heterocycles. The number of fused-ring (bicyclic) bond motifs is 3. The van der Waals surface area contributed by atoms with Crippen LogP contribution in [0.15, 0.2) is 48.5 Å². The second kappa shape index (κ2) is 6.48. The molecule has 1 aromatic heterocycles. The zero-order valence-electron chi connectivity index (χ0n) is 13.7. The minimum atomic E-state index is 0.00122. The van der Waals surface area contributed by atoms with E-state index >= 15 is 0 Å². The molecule has 0 saturated carbocycles. The predicted octanol–water partition coefficient (Wildman–Crippen LogP) is 3.94. The summed E-state index contributed by atoms with van der Waals surface area (Å²) in [6.45, 7) is 1.05. The number of nitrogens with one attached hydrogen (secondary N) is 1. The van der Waals surface area contributed by atoms with Crippen LogP contribution in [0.2, 0.25) is 0 Å². The molecule has 122 valence electrons. The number of benzene rings is 2. The molecular formula is C20H21N3O. The number of carbonyl (C=O) groups is 1. The monoisotopic (exact) mass is 319 g/mol. The molecule has 24 heavy (non-hydrogen) atoms. The van der Waals surface area contributed by atoms with Crippen LogP contribution in [0.1, 0.15) is 30.7 Å². The first-order valence-electron chi connectivity index (χ1n) is 8.62. The number of amides is 1. The molecule has 4 heteroatoms. The summed E-state index contributed by atoms with van der Waals surface area (Å²) in [5.74, 6) is 1.18. The van der Waals surface area contributed by atoms with Crippen molar-refractivity contribution in [3.8, 4) is 0 Å². The van der Waals surface area contributed by atoms with Crippen molar-refractivity contribution in [3.05, 3.63) is 59.9 Å². The largest absolute Gasteiger partial charge is 0.328 e. The Morgan fingerprint density at radius 1 is 1.08 bits per heavy atom. The van der Waals surface area contributed by atoms with E-state index in [2.05, 4.69) is 16.0 Å². The quantitative estimate of drug-likeness (QED) is 0.795. The molecule has 1 N–H and O–H groups in total. The number of imidazole rings is 1. The first-order valence-corrected chi connectivity index (χ1v) is 8.62. The van der Waals surface area contributed by atoms with Crippen LogP contribution in [0.5, 0.6) is 0 Å². The van der Waals surface area contributed by atoms with Crippen molar-refractivity contribution in [2.75, 3.05) is 5.32 Å². The lowest BCUT2D eigenvalue weighted by molar-refractivity contribution is -0.115. The van der Waals surface area contributed by atoms with Crippen molar-refractivity contribution < 1.29 is 4.79 Å². The van der Waals surface area contributed by atoms with E-state index in [0.29, 0.717) is 6.42 Å². The van der Waals surface area contributed by atoms with E-state index in [-0.39, 0.29) is 5.91 Å². The van der Waals surface area contributed by atoms with Gasteiger partial charge in [0.15, 0.2) is 0 Å². The molecule has 0 aliphatic carbocycles. The maximum absolute atomic E-state index is 12.2. The molecule has 0 unspecified atom stereocenters. The minimum Gasteiger partial charge on any atom is -0.328 e. The van der Waals surface area contributed by atoms with E-state index in [1.807, 2.05) is 42.5 Å². The molecule has 2 aromatic carbocycles. The van der Waals surface area contributed by atoms with Gasteiger partial charge in [-0.25, -0.2) is 4.98 Å². The Balaban J connectivity index is 1.54. The van der Waals surface area contributed by atoms with Crippen molar-refractivity contribution in [2.24, 2.45) is 0 Å². The molecule has 3 aromatic rings. The van der Waals surface area contributed by atoms with Gasteiger partial charge in [0.05, 0.1) is 17.5 Å². The molecule has 1 aliphatic heterocycles. The number of nitrogens with zero attached hydrogens (tertiary/aromatic N) is 2. The molecule has 4 rings (SSSR count). The van der Waals surface area contributed by atoms with Crippen molar-refractivity contribution in [3.63, 3.8) is 0 Å². The summed E-state index contributed by atoms with van der Waals surface area (Å²) in [5, 5.41) is 2.99. The highest BCUT2D eigenvalue weighted by Crippen LogP contribution is 2.24. The van der Waals surface area contributed by atoms with E-state index in [9.17, 15) is 4.79 Å². The SMILES string of the molecule is O=C(Cc1ccccc1)Nc1ccc2c(c1)nc1n2CCCCC1. The van der Waals surface area contributed by atoms with Gasteiger partial charge in [-0.05, 0) is 36.6 Å². The van der Waals surface area contributed by atoms with Crippen LogP contribution >= 0.6 is 0 Å². The fourth-order valence-electron chi connectivity index (χ4n) is 3.41. The van der Waals surface area contributed by atoms with Crippen LogP contribution in [0.25, 0.3) is 11.0 Å². The summed E-state index contributed by atoms with van der Waals surface area (Å²) in [6.07, 6.45) is 5.14. The number of hydrogen-bond donors (Lipinski definition) is 1. The number of carbonyl (C=O) groups excluding carboxylic acids is 1. The summed E-state index contributed by atoms with van der Waals surface area (Å²) in [6, 6.07) is 15.8. The Morgan fingerprint density at radius 3 is 2.83 bits per heavy atom. The number of aryl methyl sites for hydroxylation is 2. The van der Waals surface area contributed by atoms with E-state index < -0.39 is 0 Å². The zero-order valence-corrected chi connectivity index (χ0v) is 13.7. The second-order valence-corrected chi connectivity index (χ2v) is 6.40. The topological polar surface area (TPSA) is 46.9 Å². The summed E-state index contributed by atoms with van der Waals surface area (Å²) in [7, 11) is 0. The van der Waals surface area contributed by atoms with Crippen LogP contribution in [0.4, 0.5) is 5.69 Å². The molecule has 4 nitrogen and oxygen atoms in total. The Bertz CT molecular complexity index is 867. The summed E-state index contributed by atoms with van der Waals surface area (Å²) < 4.78 is 2.33. The number of rotatable bonds is 3. The summed E-state index contributed by atoms with van der Waals surface area (Å²) in [4.78, 5) is 17.0. The standard InChI is InChI=1S/C20H21N3O/c24-20(13-15-7-3-1-4-8-15)21-16-10-11-18-17(14-16)22-19-9-5-2-6-12-23(18)19/h1,3-4,7-8,10-11,14H,2,5-6,9,12-13H2,(H,21,24). The van der Waals surface area contributed by atoms with Crippen molar-refractivity contribution in [1.29, 1.82) is 0 Å². The Labute approximate surface area is 141 Å². The lowest BCUT2D eigenvalue weighted by Gasteiger charge is -2.07. The smallest absolute Gasteiger partial charge is 0.228 e. The number of anilines is 1. The maximum atomic E-state index is 12.2. The molecule has 1 aliphatic rings. The van der Waals surface area contributed by atoms with Gasteiger partial charge >= 0.3 is 0 Å². The van der Waals surface area contributed by atoms with Crippen LogP contribution in [-0.4, -0.2) is 15.5 Å². The van der Waals surface area contributed by atoms with Gasteiger partial charge in [-0.15, -0.1) is 0 Å². The molecule has 0 radical (unpaired) electrons. The van der Waals surface area contributed by atoms with Gasteiger partial charge in [0, 0.05) is 18.7 Å². The van der Waals surface area contributed by atoms with E-state index in [1.54, 1.807) is 0 Å². The highest BCUT2D eigenvalue weighted by molar-refractivity contribution is 5.94. The molecule has 0 bridgehead atoms. The summed E-state index contributed by atoms with van der Waals surface area (Å²) in [5.41, 5.74) is 3.99. The van der Waals surface area contributed by atoms with Gasteiger partial charge in [0.25, 0.3) is 0 Å². The third-order valence-corrected chi connectivity index (χ3v) is 4.60. The fraction of sp³-hybridized carbons (Fsp3) is 0.300. The fourth-order valence-corrected chi connectivity index (χ4v) is 3.41. The lowest BCUT2D eigenvalue weighted by atomic mass is 10.1. The van der Waals surface area contributed by atoms with Gasteiger partial charge < -0.3 is 9.88 Å². The van der Waals surface area contributed by atoms with Gasteiger partial charge in [0.2, 0.25) is 5.91 Å². The highest BCUT2D eigenvalue weighted by Gasteiger charge is 2.14. The summed E-state index contributed by atoms with van der Waals surface area (Å²) >= 11 is 0. The van der Waals surface area contributed by atoms with Crippen molar-refractivity contribution in [1.82, 2.24) is 9.55 Å². The Morgan fingerprint density at radius 2 is 1.96 bits per heavy atom. The van der Waals surface area contributed by atoms with Gasteiger partial charge in [-0.2, -0.15) is 0 Å². The molecule has 0 spiro atoms. The third kappa shape index (κ3) is 3.04. The first kappa shape index (κ1) is 14.9. The van der Waals surface area contributed by atoms with E-state index in [1.165, 1.54) is 30.6 Å². The van der Waals surface area contributed by atoms with Crippen LogP contribution < -0.4 is 5.32 Å². The van der Waals surface area contributed by atoms with E-state index in [4.69, 9.17) is 4.98 Å².